The van der Waals surface area contributed by atoms with E-state index in [4.69, 9.17) is 14.2 Å². The molecule has 0 heterocycles. The Hall–Kier alpha value is -2.63. The van der Waals surface area contributed by atoms with Crippen LogP contribution in [-0.4, -0.2) is 37.2 Å². The summed E-state index contributed by atoms with van der Waals surface area (Å²) in [7, 11) is 0. The van der Waals surface area contributed by atoms with Crippen LogP contribution in [0.1, 0.15) is 252 Å². The lowest BCUT2D eigenvalue weighted by Gasteiger charge is -2.18. The fourth-order valence-corrected chi connectivity index (χ4v) is 7.08. The van der Waals surface area contributed by atoms with Gasteiger partial charge in [0.05, 0.1) is 0 Å². The van der Waals surface area contributed by atoms with Crippen molar-refractivity contribution in [2.45, 2.75) is 258 Å². The van der Waals surface area contributed by atoms with E-state index in [9.17, 15) is 14.4 Å². The third kappa shape index (κ3) is 46.3. The summed E-state index contributed by atoms with van der Waals surface area (Å²) >= 11 is 0. The van der Waals surface area contributed by atoms with Gasteiger partial charge in [0.2, 0.25) is 0 Å². The average Bonchev–Trinajstić information content (AvgIpc) is 3.23. The van der Waals surface area contributed by atoms with E-state index in [0.29, 0.717) is 19.3 Å². The largest absolute Gasteiger partial charge is 0.462 e. The number of hydrogen-bond donors (Lipinski definition) is 0. The lowest BCUT2D eigenvalue weighted by atomic mass is 10.0. The van der Waals surface area contributed by atoms with E-state index >= 15 is 0 Å². The van der Waals surface area contributed by atoms with E-state index in [2.05, 4.69) is 69.4 Å². The second kappa shape index (κ2) is 48.0. The smallest absolute Gasteiger partial charge is 0.306 e. The molecule has 0 fully saturated rings. The third-order valence-electron chi connectivity index (χ3n) is 10.8. The summed E-state index contributed by atoms with van der Waals surface area (Å²) in [5.41, 5.74) is 0. The molecule has 0 aliphatic rings. The van der Waals surface area contributed by atoms with Crippen LogP contribution in [0.2, 0.25) is 0 Å². The second-order valence-corrected chi connectivity index (χ2v) is 16.7. The molecule has 0 rings (SSSR count). The summed E-state index contributed by atoms with van der Waals surface area (Å²) in [6, 6.07) is 0. The number of ether oxygens (including phenoxy) is 3. The summed E-state index contributed by atoms with van der Waals surface area (Å²) in [5, 5.41) is 0. The van der Waals surface area contributed by atoms with Crippen LogP contribution in [0.25, 0.3) is 0 Å². The van der Waals surface area contributed by atoms with Gasteiger partial charge in [-0.05, 0) is 57.8 Å². The molecular weight excluding hydrogens is 733 g/mol. The van der Waals surface area contributed by atoms with Crippen molar-refractivity contribution in [3.63, 3.8) is 0 Å². The van der Waals surface area contributed by atoms with Crippen LogP contribution in [-0.2, 0) is 28.6 Å². The summed E-state index contributed by atoms with van der Waals surface area (Å²) in [4.78, 5) is 37.6. The maximum atomic E-state index is 12.7. The predicted octanol–water partition coefficient (Wildman–Crippen LogP) is 16.3. The Balaban J connectivity index is 4.10. The Bertz CT molecular complexity index is 1040. The normalized spacial score (nSPS) is 12.4. The summed E-state index contributed by atoms with van der Waals surface area (Å²) < 4.78 is 16.6. The van der Waals surface area contributed by atoms with E-state index < -0.39 is 6.10 Å². The van der Waals surface area contributed by atoms with Gasteiger partial charge in [0.1, 0.15) is 13.2 Å². The number of esters is 3. The van der Waals surface area contributed by atoms with Crippen molar-refractivity contribution in [1.29, 1.82) is 0 Å². The Morgan fingerprint density at radius 2 is 0.661 bits per heavy atom. The van der Waals surface area contributed by atoms with Crippen LogP contribution in [0.15, 0.2) is 48.6 Å². The van der Waals surface area contributed by atoms with E-state index in [-0.39, 0.29) is 31.1 Å². The van der Waals surface area contributed by atoms with Crippen molar-refractivity contribution < 1.29 is 28.6 Å². The molecule has 0 aromatic rings. The van der Waals surface area contributed by atoms with Crippen molar-refractivity contribution in [1.82, 2.24) is 0 Å². The number of unbranched alkanes of at least 4 members (excludes halogenated alkanes) is 26. The fourth-order valence-electron chi connectivity index (χ4n) is 7.08. The molecule has 6 heteroatoms. The monoisotopic (exact) mass is 827 g/mol. The Labute approximate surface area is 365 Å². The molecule has 6 nitrogen and oxygen atoms in total. The first-order valence-electron chi connectivity index (χ1n) is 25.1. The predicted molar refractivity (Wildman–Crippen MR) is 252 cm³/mol. The average molecular weight is 827 g/mol. The minimum Gasteiger partial charge on any atom is -0.462 e. The molecule has 0 radical (unpaired) electrons. The van der Waals surface area contributed by atoms with Crippen LogP contribution >= 0.6 is 0 Å². The second-order valence-electron chi connectivity index (χ2n) is 16.7. The maximum absolute atomic E-state index is 12.7. The fraction of sp³-hybridized carbons (Fsp3) is 0.792. The van der Waals surface area contributed by atoms with E-state index in [1.807, 2.05) is 0 Å². The van der Waals surface area contributed by atoms with Gasteiger partial charge in [-0.15, -0.1) is 0 Å². The highest BCUT2D eigenvalue weighted by Crippen LogP contribution is 2.15. The van der Waals surface area contributed by atoms with Crippen LogP contribution in [0.3, 0.4) is 0 Å². The van der Waals surface area contributed by atoms with Crippen LogP contribution < -0.4 is 0 Å². The van der Waals surface area contributed by atoms with Gasteiger partial charge in [-0.2, -0.15) is 0 Å². The number of carbonyl (C=O) groups excluding carboxylic acids is 3. The third-order valence-corrected chi connectivity index (χ3v) is 10.8. The highest BCUT2D eigenvalue weighted by atomic mass is 16.6. The lowest BCUT2D eigenvalue weighted by molar-refractivity contribution is -0.167. The van der Waals surface area contributed by atoms with Gasteiger partial charge < -0.3 is 14.2 Å². The molecule has 0 aliphatic heterocycles. The first-order chi connectivity index (χ1) is 29.0. The number of rotatable bonds is 45. The Morgan fingerprint density at radius 3 is 1.03 bits per heavy atom. The van der Waals surface area contributed by atoms with Crippen molar-refractivity contribution in [2.75, 3.05) is 13.2 Å². The SMILES string of the molecule is CC/C=C\C/C=C\C/C=C\C/C=C\CCCCCCCCCCCCC(=O)OCC(COC(=O)CCCCCCC)OC(=O)CCCCCCCCCCCCCCC. The molecule has 0 spiro atoms. The van der Waals surface area contributed by atoms with Gasteiger partial charge in [0, 0.05) is 19.3 Å². The van der Waals surface area contributed by atoms with Crippen molar-refractivity contribution in [3.8, 4) is 0 Å². The first-order valence-corrected chi connectivity index (χ1v) is 25.1. The van der Waals surface area contributed by atoms with Gasteiger partial charge in [0.25, 0.3) is 0 Å². The number of allylic oxidation sites excluding steroid dienone is 8. The topological polar surface area (TPSA) is 78.9 Å². The lowest BCUT2D eigenvalue weighted by Crippen LogP contribution is -2.30. The summed E-state index contributed by atoms with van der Waals surface area (Å²) in [5.74, 6) is -0.885. The molecule has 0 N–H and O–H groups in total. The molecule has 1 atom stereocenters. The molecule has 342 valence electrons. The highest BCUT2D eigenvalue weighted by molar-refractivity contribution is 5.71. The van der Waals surface area contributed by atoms with Gasteiger partial charge in [0.15, 0.2) is 6.10 Å². The number of carbonyl (C=O) groups is 3. The van der Waals surface area contributed by atoms with Gasteiger partial charge >= 0.3 is 17.9 Å². The molecule has 0 aliphatic carbocycles. The minimum atomic E-state index is -0.766. The van der Waals surface area contributed by atoms with Crippen LogP contribution in [0.4, 0.5) is 0 Å². The van der Waals surface area contributed by atoms with Gasteiger partial charge in [-0.25, -0.2) is 0 Å². The zero-order valence-electron chi connectivity index (χ0n) is 39.0. The Morgan fingerprint density at radius 1 is 0.356 bits per heavy atom. The van der Waals surface area contributed by atoms with Crippen molar-refractivity contribution >= 4 is 17.9 Å². The molecule has 1 unspecified atom stereocenters. The standard InChI is InChI=1S/C53H94O6/c1-4-7-10-13-15-17-19-21-22-23-24-25-26-27-28-29-30-32-33-35-37-40-43-46-52(55)58-49-50(48-57-51(54)45-42-39-12-9-6-3)59-53(56)47-44-41-38-36-34-31-20-18-16-14-11-8-5-2/h7,10,15,17,21-22,24-25,50H,4-6,8-9,11-14,16,18-20,23,26-49H2,1-3H3/b10-7-,17-15-,22-21-,25-24-. The summed E-state index contributed by atoms with van der Waals surface area (Å²) in [6.07, 6.45) is 57.0. The molecule has 59 heavy (non-hydrogen) atoms. The van der Waals surface area contributed by atoms with Gasteiger partial charge in [-0.3, -0.25) is 14.4 Å². The zero-order chi connectivity index (χ0) is 43.0. The van der Waals surface area contributed by atoms with Crippen LogP contribution in [0.5, 0.6) is 0 Å². The van der Waals surface area contributed by atoms with Gasteiger partial charge in [-0.1, -0.05) is 223 Å². The molecular formula is C53H94O6. The molecule has 0 saturated heterocycles. The van der Waals surface area contributed by atoms with Crippen molar-refractivity contribution in [2.24, 2.45) is 0 Å². The quantitative estimate of drug-likeness (QED) is 0.0263. The maximum Gasteiger partial charge on any atom is 0.306 e. The Kier molecular flexibility index (Phi) is 45.9. The van der Waals surface area contributed by atoms with Crippen LogP contribution in [0, 0.1) is 0 Å². The summed E-state index contributed by atoms with van der Waals surface area (Å²) in [6.45, 7) is 6.45. The van der Waals surface area contributed by atoms with E-state index in [1.54, 1.807) is 0 Å². The van der Waals surface area contributed by atoms with Crippen molar-refractivity contribution in [3.05, 3.63) is 48.6 Å². The molecule has 0 saturated carbocycles. The number of hydrogen-bond acceptors (Lipinski definition) is 6. The molecule has 0 aromatic heterocycles. The molecule has 0 bridgehead atoms. The molecule has 0 aromatic carbocycles. The molecule has 0 amide bonds. The first kappa shape index (κ1) is 56.4. The zero-order valence-corrected chi connectivity index (χ0v) is 39.0. The van der Waals surface area contributed by atoms with E-state index in [1.165, 1.54) is 122 Å². The minimum absolute atomic E-state index is 0.0727. The van der Waals surface area contributed by atoms with E-state index in [0.717, 1.165) is 89.9 Å². The highest BCUT2D eigenvalue weighted by Gasteiger charge is 2.19.